The highest BCUT2D eigenvalue weighted by Crippen LogP contribution is 2.33. The van der Waals surface area contributed by atoms with Gasteiger partial charge in [-0.2, -0.15) is 0 Å². The first kappa shape index (κ1) is 92.3. The van der Waals surface area contributed by atoms with E-state index in [1.54, 1.807) is 61.0 Å². The second-order valence-corrected chi connectivity index (χ2v) is 30.4. The lowest BCUT2D eigenvalue weighted by Gasteiger charge is -2.14. The Balaban J connectivity index is 1.23. The summed E-state index contributed by atoms with van der Waals surface area (Å²) >= 11 is 0. The Hall–Kier alpha value is -6.04. The van der Waals surface area contributed by atoms with E-state index in [1.807, 2.05) is 12.1 Å². The van der Waals surface area contributed by atoms with Gasteiger partial charge in [-0.15, -0.1) is 0 Å². The Morgan fingerprint density at radius 2 is 0.491 bits per heavy atom. The number of unbranched alkanes of at least 4 members (excludes halogenated alkanes) is 52. The van der Waals surface area contributed by atoms with Crippen molar-refractivity contribution in [1.82, 2.24) is 0 Å². The number of aliphatic imine (C=N–C) groups is 2. The third kappa shape index (κ3) is 47.7. The third-order valence-corrected chi connectivity index (χ3v) is 20.6. The lowest BCUT2D eigenvalue weighted by atomic mass is 10.0. The second-order valence-electron chi connectivity index (χ2n) is 30.4. The SMILES string of the molecule is CCCCCCCCCCCCCCCCOc1ccc(C(=O)Oc2ccc(C=NCCN=Cc3ccc(OC(=O)c4ccc(OCCCCCCCCCCCCCCCC)c(OCCCCCCCCCCCCCCCC)c4)cc3O)c(O)c2)cc1OCCCCCCCCCCCCCCCC. The highest BCUT2D eigenvalue weighted by Gasteiger charge is 2.18. The fourth-order valence-electron chi connectivity index (χ4n) is 13.8. The highest BCUT2D eigenvalue weighted by molar-refractivity contribution is 5.93. The minimum atomic E-state index is -0.568. The summed E-state index contributed by atoms with van der Waals surface area (Å²) < 4.78 is 36.9. The molecule has 106 heavy (non-hydrogen) atoms. The predicted molar refractivity (Wildman–Crippen MR) is 447 cm³/mol. The third-order valence-electron chi connectivity index (χ3n) is 20.6. The summed E-state index contributed by atoms with van der Waals surface area (Å²) in [7, 11) is 0. The van der Waals surface area contributed by atoms with Gasteiger partial charge >= 0.3 is 11.9 Å². The zero-order valence-corrected chi connectivity index (χ0v) is 68.0. The molecule has 0 unspecified atom stereocenters. The molecule has 0 aromatic heterocycles. The predicted octanol–water partition coefficient (Wildman–Crippen LogP) is 28.5. The molecule has 4 aromatic carbocycles. The van der Waals surface area contributed by atoms with Gasteiger partial charge in [-0.25, -0.2) is 9.59 Å². The van der Waals surface area contributed by atoms with E-state index in [-0.39, 0.29) is 23.0 Å². The number of phenolic OH excluding ortho intramolecular Hbond substituents is 2. The van der Waals surface area contributed by atoms with E-state index in [0.29, 0.717) is 84.8 Å². The maximum Gasteiger partial charge on any atom is 0.343 e. The van der Waals surface area contributed by atoms with Crippen LogP contribution in [0.25, 0.3) is 0 Å². The molecule has 12 nitrogen and oxygen atoms in total. The van der Waals surface area contributed by atoms with Crippen LogP contribution in [0, 0.1) is 0 Å². The van der Waals surface area contributed by atoms with E-state index in [9.17, 15) is 19.8 Å². The van der Waals surface area contributed by atoms with Crippen molar-refractivity contribution in [3.05, 3.63) is 95.1 Å². The number of phenols is 2. The Kier molecular flexibility index (Phi) is 57.5. The van der Waals surface area contributed by atoms with E-state index in [0.717, 1.165) is 51.4 Å². The van der Waals surface area contributed by atoms with Gasteiger partial charge in [0.05, 0.1) is 50.6 Å². The van der Waals surface area contributed by atoms with Crippen LogP contribution >= 0.6 is 0 Å². The lowest BCUT2D eigenvalue weighted by molar-refractivity contribution is 0.0724. The van der Waals surface area contributed by atoms with Gasteiger partial charge < -0.3 is 38.6 Å². The van der Waals surface area contributed by atoms with Crippen molar-refractivity contribution < 1.29 is 48.2 Å². The molecule has 0 fully saturated rings. The summed E-state index contributed by atoms with van der Waals surface area (Å²) in [5, 5.41) is 22.0. The zero-order valence-electron chi connectivity index (χ0n) is 68.0. The van der Waals surface area contributed by atoms with E-state index in [2.05, 4.69) is 37.7 Å². The van der Waals surface area contributed by atoms with Crippen LogP contribution in [0.1, 0.15) is 419 Å². The number of hydrogen-bond acceptors (Lipinski definition) is 12. The first-order valence-corrected chi connectivity index (χ1v) is 44.1. The first-order chi connectivity index (χ1) is 52.3. The minimum Gasteiger partial charge on any atom is -0.507 e. The van der Waals surface area contributed by atoms with Crippen LogP contribution in [-0.4, -0.2) is 74.1 Å². The number of carbonyl (C=O) groups is 2. The largest absolute Gasteiger partial charge is 0.507 e. The number of ether oxygens (including phenoxy) is 6. The zero-order chi connectivity index (χ0) is 75.5. The molecule has 0 bridgehead atoms. The Morgan fingerprint density at radius 1 is 0.274 bits per heavy atom. The van der Waals surface area contributed by atoms with Gasteiger partial charge in [0.2, 0.25) is 0 Å². The quantitative estimate of drug-likeness (QED) is 0.0189. The molecular weight excluding hydrogens is 1320 g/mol. The lowest BCUT2D eigenvalue weighted by Crippen LogP contribution is -2.10. The van der Waals surface area contributed by atoms with Gasteiger partial charge in [0.25, 0.3) is 0 Å². The van der Waals surface area contributed by atoms with Crippen molar-refractivity contribution in [1.29, 1.82) is 0 Å². The van der Waals surface area contributed by atoms with Gasteiger partial charge in [-0.1, -0.05) is 362 Å². The number of rotatable bonds is 73. The summed E-state index contributed by atoms with van der Waals surface area (Å²) in [5.74, 6) is 1.43. The number of nitrogens with zero attached hydrogens (tertiary/aromatic N) is 2. The highest BCUT2D eigenvalue weighted by atomic mass is 16.5. The van der Waals surface area contributed by atoms with Crippen LogP contribution in [0.2, 0.25) is 0 Å². The summed E-state index contributed by atoms with van der Waals surface area (Å²) in [6.45, 7) is 12.0. The average Bonchev–Trinajstić information content (AvgIpc) is 0.839. The van der Waals surface area contributed by atoms with Crippen molar-refractivity contribution in [2.24, 2.45) is 9.98 Å². The molecule has 0 amide bonds. The monoisotopic (exact) mass is 1470 g/mol. The van der Waals surface area contributed by atoms with Crippen molar-refractivity contribution in [2.75, 3.05) is 39.5 Å². The van der Waals surface area contributed by atoms with E-state index in [1.165, 1.54) is 320 Å². The minimum absolute atomic E-state index is 0.0894. The van der Waals surface area contributed by atoms with E-state index in [4.69, 9.17) is 28.4 Å². The first-order valence-electron chi connectivity index (χ1n) is 44.1. The molecule has 0 saturated carbocycles. The molecule has 2 N–H and O–H groups in total. The van der Waals surface area contributed by atoms with Crippen LogP contribution in [0.15, 0.2) is 82.8 Å². The smallest absolute Gasteiger partial charge is 0.343 e. The van der Waals surface area contributed by atoms with Crippen LogP contribution < -0.4 is 28.4 Å². The molecule has 0 radical (unpaired) electrons. The normalized spacial score (nSPS) is 11.5. The van der Waals surface area contributed by atoms with Gasteiger partial charge in [0.15, 0.2) is 23.0 Å². The molecule has 0 atom stereocenters. The molecular formula is C94H152N2O10. The number of esters is 2. The van der Waals surface area contributed by atoms with Crippen molar-refractivity contribution in [3.8, 4) is 46.0 Å². The van der Waals surface area contributed by atoms with Gasteiger partial charge in [-0.05, 0) is 86.3 Å². The van der Waals surface area contributed by atoms with Gasteiger partial charge in [0, 0.05) is 35.7 Å². The van der Waals surface area contributed by atoms with E-state index < -0.39 is 11.9 Å². The van der Waals surface area contributed by atoms with Gasteiger partial charge in [-0.3, -0.25) is 9.98 Å². The molecule has 598 valence electrons. The van der Waals surface area contributed by atoms with Gasteiger partial charge in [0.1, 0.15) is 23.0 Å². The number of benzene rings is 4. The number of aromatic hydroxyl groups is 2. The van der Waals surface area contributed by atoms with Crippen LogP contribution in [0.5, 0.6) is 46.0 Å². The average molecular weight is 1470 g/mol. The standard InChI is InChI=1S/C94H152N2O10/c1-5-9-13-17-21-25-29-33-37-41-45-49-53-57-71-101-89-67-63-81(75-91(89)103-73-59-55-51-47-43-39-35-31-27-23-19-15-11-7-3)93(99)105-85-65-61-83(87(97)77-85)79-95-69-70-96-80-84-62-66-86(78-88(84)98)106-94(100)82-64-68-90(102-72-58-54-50-46-42-38-34-30-26-22-18-14-10-6-2)92(76-82)104-74-60-56-52-48-44-40-36-32-28-24-20-16-12-8-4/h61-68,75-80,97-98H,5-60,69-74H2,1-4H3. The summed E-state index contributed by atoms with van der Waals surface area (Å²) in [4.78, 5) is 36.2. The fourth-order valence-corrected chi connectivity index (χ4v) is 13.8. The molecule has 0 aliphatic heterocycles. The summed E-state index contributed by atoms with van der Waals surface area (Å²) in [6, 6.07) is 19.8. The Labute approximate surface area is 647 Å². The Bertz CT molecular complexity index is 2640. The molecule has 0 spiro atoms. The summed E-state index contributed by atoms with van der Waals surface area (Å²) in [5.41, 5.74) is 1.57. The van der Waals surface area contributed by atoms with Crippen molar-refractivity contribution in [2.45, 2.75) is 387 Å². The van der Waals surface area contributed by atoms with Crippen LogP contribution in [-0.2, 0) is 0 Å². The molecule has 0 aliphatic rings. The van der Waals surface area contributed by atoms with Crippen LogP contribution in [0.4, 0.5) is 0 Å². The van der Waals surface area contributed by atoms with E-state index >= 15 is 0 Å². The maximum absolute atomic E-state index is 13.6. The number of carbonyl (C=O) groups excluding carboxylic acids is 2. The summed E-state index contributed by atoms with van der Waals surface area (Å²) in [6.07, 6.45) is 75.5. The molecule has 0 saturated heterocycles. The van der Waals surface area contributed by atoms with Crippen molar-refractivity contribution in [3.63, 3.8) is 0 Å². The molecule has 12 heteroatoms. The fraction of sp³-hybridized carbons (Fsp3) is 0.702. The molecule has 0 heterocycles. The molecule has 4 aromatic rings. The van der Waals surface area contributed by atoms with Crippen LogP contribution in [0.3, 0.4) is 0 Å². The van der Waals surface area contributed by atoms with Crippen molar-refractivity contribution >= 4 is 24.4 Å². The molecule has 4 rings (SSSR count). The second kappa shape index (κ2) is 66.0. The maximum atomic E-state index is 13.6. The number of hydrogen-bond donors (Lipinski definition) is 2. The topological polar surface area (TPSA) is 155 Å². The molecule has 0 aliphatic carbocycles. The Morgan fingerprint density at radius 3 is 0.717 bits per heavy atom.